The van der Waals surface area contributed by atoms with E-state index in [2.05, 4.69) is 34.2 Å². The van der Waals surface area contributed by atoms with Gasteiger partial charge in [-0.05, 0) is 25.4 Å². The van der Waals surface area contributed by atoms with Gasteiger partial charge in [0.25, 0.3) is 0 Å². The summed E-state index contributed by atoms with van der Waals surface area (Å²) < 4.78 is 5.29. The first-order valence-electron chi connectivity index (χ1n) is 6.48. The van der Waals surface area contributed by atoms with Gasteiger partial charge < -0.3 is 9.64 Å². The monoisotopic (exact) mass is 286 g/mol. The molecule has 1 aliphatic heterocycles. The molecule has 0 bridgehead atoms. The van der Waals surface area contributed by atoms with Crippen LogP contribution < -0.4 is 10.3 Å². The van der Waals surface area contributed by atoms with Gasteiger partial charge in [0, 0.05) is 26.2 Å². The molecule has 1 aliphatic rings. The molecule has 0 spiro atoms. The van der Waals surface area contributed by atoms with Crippen LogP contribution in [-0.2, 0) is 4.74 Å². The Balaban J connectivity index is 2.11. The van der Waals surface area contributed by atoms with Crippen LogP contribution >= 0.6 is 11.6 Å². The predicted molar refractivity (Wildman–Crippen MR) is 74.4 cm³/mol. The molecule has 1 saturated heterocycles. The molecule has 2 heterocycles. The van der Waals surface area contributed by atoms with E-state index in [9.17, 15) is 0 Å². The largest absolute Gasteiger partial charge is 0.379 e. The van der Waals surface area contributed by atoms with Crippen molar-refractivity contribution in [3.63, 3.8) is 0 Å². The van der Waals surface area contributed by atoms with Gasteiger partial charge in [0.05, 0.1) is 13.2 Å². The Morgan fingerprint density at radius 2 is 1.89 bits per heavy atom. The molecule has 0 radical (unpaired) electrons. The Bertz CT molecular complexity index is 408. The van der Waals surface area contributed by atoms with E-state index in [0.29, 0.717) is 25.1 Å². The Morgan fingerprint density at radius 1 is 1.21 bits per heavy atom. The summed E-state index contributed by atoms with van der Waals surface area (Å²) >= 11 is 5.95. The van der Waals surface area contributed by atoms with Gasteiger partial charge in [-0.15, -0.1) is 0 Å². The molecule has 0 unspecified atom stereocenters. The summed E-state index contributed by atoms with van der Waals surface area (Å²) in [6.45, 7) is 8.76. The van der Waals surface area contributed by atoms with Gasteiger partial charge in [0.15, 0.2) is 0 Å². The molecule has 7 nitrogen and oxygen atoms in total. The van der Waals surface area contributed by atoms with Gasteiger partial charge >= 0.3 is 0 Å². The number of rotatable bonds is 5. The lowest BCUT2D eigenvalue weighted by Gasteiger charge is -2.27. The van der Waals surface area contributed by atoms with Gasteiger partial charge in [-0.3, -0.25) is 5.43 Å². The molecule has 2 rings (SSSR count). The standard InChI is InChI=1S/C11H19ClN6O/c1-3-17(4-2)11-14-9(12)13-10(15-11)16-18-5-7-19-8-6-18/h3-8H2,1-2H3,(H,13,14,15,16). The fraction of sp³-hybridized carbons (Fsp3) is 0.727. The zero-order valence-corrected chi connectivity index (χ0v) is 12.0. The van der Waals surface area contributed by atoms with Crippen LogP contribution in [0.4, 0.5) is 11.9 Å². The highest BCUT2D eigenvalue weighted by atomic mass is 35.5. The molecule has 1 N–H and O–H groups in total. The summed E-state index contributed by atoms with van der Waals surface area (Å²) in [4.78, 5) is 14.7. The van der Waals surface area contributed by atoms with Crippen molar-refractivity contribution in [2.45, 2.75) is 13.8 Å². The molecule has 1 aromatic heterocycles. The SMILES string of the molecule is CCN(CC)c1nc(Cl)nc(NN2CCOCC2)n1. The second kappa shape index (κ2) is 6.83. The summed E-state index contributed by atoms with van der Waals surface area (Å²) in [6, 6.07) is 0. The number of halogens is 1. The lowest BCUT2D eigenvalue weighted by atomic mass is 10.5. The maximum absolute atomic E-state index is 5.95. The van der Waals surface area contributed by atoms with Crippen molar-refractivity contribution < 1.29 is 4.74 Å². The van der Waals surface area contributed by atoms with E-state index in [1.807, 2.05) is 9.91 Å². The first kappa shape index (κ1) is 14.2. The van der Waals surface area contributed by atoms with Crippen LogP contribution in [0.5, 0.6) is 0 Å². The summed E-state index contributed by atoms with van der Waals surface area (Å²) in [5.41, 5.74) is 3.15. The average Bonchev–Trinajstić information content (AvgIpc) is 2.40. The number of anilines is 2. The third-order valence-corrected chi connectivity index (χ3v) is 3.08. The second-order valence-corrected chi connectivity index (χ2v) is 4.45. The van der Waals surface area contributed by atoms with Crippen LogP contribution in [0.15, 0.2) is 0 Å². The number of hydrogen-bond acceptors (Lipinski definition) is 7. The summed E-state index contributed by atoms with van der Waals surface area (Å²) in [5.74, 6) is 1.07. The Kier molecular flexibility index (Phi) is 5.12. The normalized spacial score (nSPS) is 16.4. The number of nitrogens with zero attached hydrogens (tertiary/aromatic N) is 5. The number of nitrogens with one attached hydrogen (secondary N) is 1. The van der Waals surface area contributed by atoms with Crippen molar-refractivity contribution in [1.29, 1.82) is 0 Å². The maximum Gasteiger partial charge on any atom is 0.243 e. The Labute approximate surface area is 117 Å². The molecule has 0 aromatic carbocycles. The summed E-state index contributed by atoms with van der Waals surface area (Å²) in [6.07, 6.45) is 0. The van der Waals surface area contributed by atoms with Crippen LogP contribution in [0.2, 0.25) is 5.28 Å². The van der Waals surface area contributed by atoms with E-state index >= 15 is 0 Å². The zero-order chi connectivity index (χ0) is 13.7. The van der Waals surface area contributed by atoms with Gasteiger partial charge in [-0.2, -0.15) is 15.0 Å². The number of morpholine rings is 1. The fourth-order valence-electron chi connectivity index (χ4n) is 1.85. The topological polar surface area (TPSA) is 66.4 Å². The van der Waals surface area contributed by atoms with E-state index in [1.54, 1.807) is 0 Å². The molecule has 19 heavy (non-hydrogen) atoms. The number of hydrogen-bond donors (Lipinski definition) is 1. The van der Waals surface area contributed by atoms with E-state index in [-0.39, 0.29) is 5.28 Å². The third kappa shape index (κ3) is 3.89. The molecule has 0 atom stereocenters. The first-order chi connectivity index (χ1) is 9.22. The Morgan fingerprint density at radius 3 is 2.53 bits per heavy atom. The van der Waals surface area contributed by atoms with Crippen molar-refractivity contribution in [2.75, 3.05) is 49.7 Å². The van der Waals surface area contributed by atoms with Crippen LogP contribution in [0.3, 0.4) is 0 Å². The van der Waals surface area contributed by atoms with E-state index in [0.717, 1.165) is 26.2 Å². The zero-order valence-electron chi connectivity index (χ0n) is 11.3. The molecule has 0 saturated carbocycles. The van der Waals surface area contributed by atoms with Crippen molar-refractivity contribution in [3.8, 4) is 0 Å². The minimum atomic E-state index is 0.202. The molecule has 0 aliphatic carbocycles. The fourth-order valence-corrected chi connectivity index (χ4v) is 2.01. The van der Waals surface area contributed by atoms with Gasteiger partial charge in [0.1, 0.15) is 0 Å². The molecule has 8 heteroatoms. The minimum Gasteiger partial charge on any atom is -0.379 e. The van der Waals surface area contributed by atoms with E-state index in [4.69, 9.17) is 16.3 Å². The van der Waals surface area contributed by atoms with Crippen molar-refractivity contribution in [3.05, 3.63) is 5.28 Å². The Hall–Kier alpha value is -1.18. The van der Waals surface area contributed by atoms with E-state index in [1.165, 1.54) is 0 Å². The lowest BCUT2D eigenvalue weighted by molar-refractivity contribution is 0.0492. The first-order valence-corrected chi connectivity index (χ1v) is 6.86. The smallest absolute Gasteiger partial charge is 0.243 e. The van der Waals surface area contributed by atoms with Crippen LogP contribution in [0, 0.1) is 0 Å². The van der Waals surface area contributed by atoms with Crippen molar-refractivity contribution in [1.82, 2.24) is 20.0 Å². The van der Waals surface area contributed by atoms with Crippen LogP contribution in [0.25, 0.3) is 0 Å². The minimum absolute atomic E-state index is 0.202. The molecular formula is C11H19ClN6O. The average molecular weight is 287 g/mol. The van der Waals surface area contributed by atoms with E-state index < -0.39 is 0 Å². The summed E-state index contributed by atoms with van der Waals surface area (Å²) in [7, 11) is 0. The molecule has 0 amide bonds. The number of hydrazine groups is 1. The van der Waals surface area contributed by atoms with Gasteiger partial charge in [-0.25, -0.2) is 5.01 Å². The lowest BCUT2D eigenvalue weighted by Crippen LogP contribution is -2.40. The quantitative estimate of drug-likeness (QED) is 0.867. The highest BCUT2D eigenvalue weighted by Gasteiger charge is 2.14. The maximum atomic E-state index is 5.95. The third-order valence-electron chi connectivity index (χ3n) is 2.91. The highest BCUT2D eigenvalue weighted by molar-refractivity contribution is 6.28. The predicted octanol–water partition coefficient (Wildman–Crippen LogP) is 1.03. The second-order valence-electron chi connectivity index (χ2n) is 4.11. The van der Waals surface area contributed by atoms with Crippen LogP contribution in [-0.4, -0.2) is 59.4 Å². The molecule has 1 fully saturated rings. The molecule has 1 aromatic rings. The summed E-state index contributed by atoms with van der Waals surface area (Å²) in [5, 5.41) is 2.22. The van der Waals surface area contributed by atoms with Crippen molar-refractivity contribution >= 4 is 23.5 Å². The van der Waals surface area contributed by atoms with Crippen molar-refractivity contribution in [2.24, 2.45) is 0 Å². The number of aromatic nitrogens is 3. The number of ether oxygens (including phenoxy) is 1. The van der Waals surface area contributed by atoms with Gasteiger partial charge in [0.2, 0.25) is 17.2 Å². The van der Waals surface area contributed by atoms with Gasteiger partial charge in [-0.1, -0.05) is 0 Å². The molecule has 106 valence electrons. The molecular weight excluding hydrogens is 268 g/mol. The highest BCUT2D eigenvalue weighted by Crippen LogP contribution is 2.14. The van der Waals surface area contributed by atoms with Crippen LogP contribution in [0.1, 0.15) is 13.8 Å².